The van der Waals surface area contributed by atoms with Gasteiger partial charge in [-0.25, -0.2) is 4.98 Å². The summed E-state index contributed by atoms with van der Waals surface area (Å²) in [5, 5.41) is 3.41. The van der Waals surface area contributed by atoms with E-state index in [1.54, 1.807) is 20.4 Å². The Morgan fingerprint density at radius 2 is 1.86 bits per heavy atom. The molecule has 28 heavy (non-hydrogen) atoms. The summed E-state index contributed by atoms with van der Waals surface area (Å²) in [5.74, 6) is 1.22. The summed E-state index contributed by atoms with van der Waals surface area (Å²) in [5.41, 5.74) is 12.2. The summed E-state index contributed by atoms with van der Waals surface area (Å²) in [6, 6.07) is 12.0. The zero-order valence-corrected chi connectivity index (χ0v) is 16.3. The van der Waals surface area contributed by atoms with Gasteiger partial charge in [-0.3, -0.25) is 9.98 Å². The van der Waals surface area contributed by atoms with E-state index in [9.17, 15) is 0 Å². The number of nitrogens with one attached hydrogen (secondary N) is 1. The van der Waals surface area contributed by atoms with Gasteiger partial charge in [-0.05, 0) is 56.3 Å². The molecular formula is C22H25N5O. The molecule has 4 rings (SSSR count). The number of methoxy groups -OCH3 is 1. The van der Waals surface area contributed by atoms with Crippen molar-refractivity contribution < 1.29 is 4.74 Å². The molecule has 0 bridgehead atoms. The second-order valence-electron chi connectivity index (χ2n) is 7.06. The highest BCUT2D eigenvalue weighted by molar-refractivity contribution is 5.91. The van der Waals surface area contributed by atoms with E-state index >= 15 is 0 Å². The predicted octanol–water partition coefficient (Wildman–Crippen LogP) is 3.40. The van der Waals surface area contributed by atoms with Crippen LogP contribution >= 0.6 is 0 Å². The van der Waals surface area contributed by atoms with E-state index in [1.165, 1.54) is 0 Å². The number of piperidine rings is 1. The minimum absolute atomic E-state index is 0.526. The summed E-state index contributed by atoms with van der Waals surface area (Å²) in [4.78, 5) is 13.8. The third kappa shape index (κ3) is 3.55. The van der Waals surface area contributed by atoms with Gasteiger partial charge in [0.15, 0.2) is 0 Å². The monoisotopic (exact) mass is 375 g/mol. The molecule has 3 heterocycles. The fourth-order valence-electron chi connectivity index (χ4n) is 3.75. The van der Waals surface area contributed by atoms with Crippen molar-refractivity contribution in [3.05, 3.63) is 47.7 Å². The lowest BCUT2D eigenvalue weighted by atomic mass is 9.94. The molecule has 1 aliphatic rings. The number of hydrogen-bond donors (Lipinski definition) is 2. The maximum Gasteiger partial charge on any atom is 0.130 e. The summed E-state index contributed by atoms with van der Waals surface area (Å²) in [6.45, 7) is 2.11. The molecule has 0 amide bonds. The minimum Gasteiger partial charge on any atom is -0.496 e. The van der Waals surface area contributed by atoms with Gasteiger partial charge in [-0.15, -0.1) is 0 Å². The van der Waals surface area contributed by atoms with Crippen molar-refractivity contribution in [3.8, 4) is 17.0 Å². The first-order chi connectivity index (χ1) is 13.7. The highest BCUT2D eigenvalue weighted by Gasteiger charge is 2.17. The molecule has 3 N–H and O–H groups in total. The van der Waals surface area contributed by atoms with Gasteiger partial charge in [-0.1, -0.05) is 0 Å². The van der Waals surface area contributed by atoms with Crippen molar-refractivity contribution in [2.75, 3.05) is 33.0 Å². The Balaban J connectivity index is 1.74. The summed E-state index contributed by atoms with van der Waals surface area (Å²) in [7, 11) is 3.36. The number of aromatic nitrogens is 2. The number of rotatable bonds is 4. The first-order valence-corrected chi connectivity index (χ1v) is 9.58. The van der Waals surface area contributed by atoms with Crippen LogP contribution in [0.25, 0.3) is 22.3 Å². The highest BCUT2D eigenvalue weighted by Crippen LogP contribution is 2.34. The average Bonchev–Trinajstić information content (AvgIpc) is 2.75. The van der Waals surface area contributed by atoms with E-state index in [2.05, 4.69) is 22.4 Å². The Kier molecular flexibility index (Phi) is 5.21. The highest BCUT2D eigenvalue weighted by atomic mass is 16.5. The fraction of sp³-hybridized carbons (Fsp3) is 0.318. The van der Waals surface area contributed by atoms with Gasteiger partial charge < -0.3 is 15.8 Å². The number of hydrogen-bond acceptors (Lipinski definition) is 6. The second-order valence-corrected chi connectivity index (χ2v) is 7.06. The quantitative estimate of drug-likeness (QED) is 0.539. The van der Waals surface area contributed by atoms with Crippen LogP contribution in [0.15, 0.2) is 41.4 Å². The van der Waals surface area contributed by atoms with Crippen molar-refractivity contribution in [2.45, 2.75) is 18.8 Å². The predicted molar refractivity (Wildman–Crippen MR) is 114 cm³/mol. The Bertz CT molecular complexity index is 1020. The van der Waals surface area contributed by atoms with Gasteiger partial charge in [0.05, 0.1) is 23.8 Å². The van der Waals surface area contributed by atoms with Gasteiger partial charge >= 0.3 is 0 Å². The van der Waals surface area contributed by atoms with Crippen molar-refractivity contribution >= 4 is 22.9 Å². The van der Waals surface area contributed by atoms with E-state index < -0.39 is 0 Å². The number of nitrogens with two attached hydrogens (primary N) is 1. The Labute approximate surface area is 164 Å². The smallest absolute Gasteiger partial charge is 0.130 e. The zero-order valence-electron chi connectivity index (χ0n) is 16.3. The third-order valence-corrected chi connectivity index (χ3v) is 5.27. The number of ether oxygens (including phenoxy) is 1. The van der Waals surface area contributed by atoms with E-state index in [1.807, 2.05) is 24.3 Å². The maximum absolute atomic E-state index is 6.10. The number of fused-ring (bicyclic) bond motifs is 1. The van der Waals surface area contributed by atoms with Gasteiger partial charge in [-0.2, -0.15) is 0 Å². The maximum atomic E-state index is 6.10. The van der Waals surface area contributed by atoms with Crippen LogP contribution in [-0.4, -0.2) is 43.4 Å². The summed E-state index contributed by atoms with van der Waals surface area (Å²) in [6.07, 6.45) is 4.01. The van der Waals surface area contributed by atoms with Crippen LogP contribution < -0.4 is 15.8 Å². The van der Waals surface area contributed by atoms with E-state index in [-0.39, 0.29) is 0 Å². The number of anilines is 1. The van der Waals surface area contributed by atoms with Crippen LogP contribution in [0.5, 0.6) is 5.75 Å². The summed E-state index contributed by atoms with van der Waals surface area (Å²) >= 11 is 0. The number of aliphatic imine (C=N–C) groups is 1. The topological polar surface area (TPSA) is 85.4 Å². The molecule has 0 aliphatic carbocycles. The lowest BCUT2D eigenvalue weighted by Crippen LogP contribution is -2.27. The molecule has 1 fully saturated rings. The Hall–Kier alpha value is -2.99. The molecule has 3 aromatic rings. The SMILES string of the molecule is CN=Cc1cc(-c2ccc3nc(C4CCNCC4)ccc3n2)c(OC)cc1N. The summed E-state index contributed by atoms with van der Waals surface area (Å²) < 4.78 is 5.54. The minimum atomic E-state index is 0.526. The molecule has 6 nitrogen and oxygen atoms in total. The van der Waals surface area contributed by atoms with Crippen LogP contribution in [0, 0.1) is 0 Å². The van der Waals surface area contributed by atoms with Crippen molar-refractivity contribution in [3.63, 3.8) is 0 Å². The molecular weight excluding hydrogens is 350 g/mol. The molecule has 1 aliphatic heterocycles. The Morgan fingerprint density at radius 3 is 2.61 bits per heavy atom. The first kappa shape index (κ1) is 18.4. The first-order valence-electron chi connectivity index (χ1n) is 9.58. The lowest BCUT2D eigenvalue weighted by Gasteiger charge is -2.22. The fourth-order valence-corrected chi connectivity index (χ4v) is 3.75. The van der Waals surface area contributed by atoms with Crippen molar-refractivity contribution in [1.82, 2.24) is 15.3 Å². The molecule has 0 saturated carbocycles. The van der Waals surface area contributed by atoms with E-state index in [0.29, 0.717) is 17.4 Å². The molecule has 0 spiro atoms. The molecule has 1 saturated heterocycles. The largest absolute Gasteiger partial charge is 0.496 e. The van der Waals surface area contributed by atoms with Crippen LogP contribution in [0.1, 0.15) is 30.0 Å². The third-order valence-electron chi connectivity index (χ3n) is 5.27. The molecule has 0 atom stereocenters. The molecule has 1 aromatic carbocycles. The normalized spacial score (nSPS) is 15.4. The van der Waals surface area contributed by atoms with Gasteiger partial charge in [0.2, 0.25) is 0 Å². The molecule has 0 unspecified atom stereocenters. The van der Waals surface area contributed by atoms with Crippen LogP contribution in [0.3, 0.4) is 0 Å². The van der Waals surface area contributed by atoms with E-state index in [4.69, 9.17) is 20.4 Å². The van der Waals surface area contributed by atoms with Crippen LogP contribution in [-0.2, 0) is 0 Å². The standard InChI is InChI=1S/C22H25N5O/c1-24-13-15-11-16(22(28-2)12-17(15)23)19-4-6-20-21(27-19)5-3-18(26-20)14-7-9-25-10-8-14/h3-6,11-14,25H,7-10,23H2,1-2H3. The number of pyridine rings is 2. The average molecular weight is 375 g/mol. The molecule has 0 radical (unpaired) electrons. The van der Waals surface area contributed by atoms with Crippen molar-refractivity contribution in [1.29, 1.82) is 0 Å². The van der Waals surface area contributed by atoms with Gasteiger partial charge in [0.25, 0.3) is 0 Å². The molecule has 2 aromatic heterocycles. The number of nitrogens with zero attached hydrogens (tertiary/aromatic N) is 3. The van der Waals surface area contributed by atoms with Crippen LogP contribution in [0.2, 0.25) is 0 Å². The second kappa shape index (κ2) is 7.94. The number of nitrogen functional groups attached to an aromatic ring is 1. The zero-order chi connectivity index (χ0) is 19.5. The van der Waals surface area contributed by atoms with E-state index in [0.717, 1.165) is 59.5 Å². The van der Waals surface area contributed by atoms with Crippen molar-refractivity contribution in [2.24, 2.45) is 4.99 Å². The Morgan fingerprint density at radius 1 is 1.11 bits per heavy atom. The van der Waals surface area contributed by atoms with Gasteiger partial charge in [0, 0.05) is 47.8 Å². The van der Waals surface area contributed by atoms with Gasteiger partial charge in [0.1, 0.15) is 5.75 Å². The lowest BCUT2D eigenvalue weighted by molar-refractivity contribution is 0.416. The molecule has 6 heteroatoms. The van der Waals surface area contributed by atoms with Crippen LogP contribution in [0.4, 0.5) is 5.69 Å². The molecule has 144 valence electrons. The number of benzene rings is 1.